The van der Waals surface area contributed by atoms with Crippen molar-refractivity contribution in [3.63, 3.8) is 0 Å². The Hall–Kier alpha value is -7.79. The molecule has 8 N–H and O–H groups in total. The normalized spacial score (nSPS) is 20.8. The molecule has 2 bridgehead atoms. The van der Waals surface area contributed by atoms with E-state index in [-0.39, 0.29) is 37.8 Å². The first-order valence-corrected chi connectivity index (χ1v) is 24.1. The minimum Gasteiger partial charge on any atom is -0.480 e. The number of fused-ring (bicyclic) bond motifs is 18. The zero-order chi connectivity index (χ0) is 50.3. The lowest BCUT2D eigenvalue weighted by atomic mass is 9.89. The highest BCUT2D eigenvalue weighted by molar-refractivity contribution is 7.09. The number of ketones is 1. The van der Waals surface area contributed by atoms with Crippen LogP contribution in [0.5, 0.6) is 0 Å². The lowest BCUT2D eigenvalue weighted by Gasteiger charge is -2.27. The molecule has 71 heavy (non-hydrogen) atoms. The Balaban J connectivity index is 1.25. The number of aliphatic hydroxyl groups excluding tert-OH is 2. The third-order valence-electron chi connectivity index (χ3n) is 12.3. The number of carbonyl (C=O) groups is 7. The first kappa shape index (κ1) is 51.1. The highest BCUT2D eigenvalue weighted by Gasteiger charge is 2.36. The predicted octanol–water partition coefficient (Wildman–Crippen LogP) is 4.59. The zero-order valence-corrected chi connectivity index (χ0v) is 39.4. The lowest BCUT2D eigenvalue weighted by Crippen LogP contribution is -2.58. The van der Waals surface area contributed by atoms with Crippen LogP contribution >= 0.6 is 11.3 Å². The van der Waals surface area contributed by atoms with Crippen molar-refractivity contribution in [1.29, 1.82) is 0 Å². The van der Waals surface area contributed by atoms with Crippen molar-refractivity contribution >= 4 is 58.3 Å². The molecule has 3 heterocycles. The molecule has 7 atom stereocenters. The molecule has 2 aliphatic heterocycles. The molecule has 0 radical (unpaired) electrons. The summed E-state index contributed by atoms with van der Waals surface area (Å²) in [4.78, 5) is 98.4. The van der Waals surface area contributed by atoms with Crippen LogP contribution in [0.15, 0.2) is 157 Å². The van der Waals surface area contributed by atoms with Crippen molar-refractivity contribution in [1.82, 2.24) is 21.3 Å². The fourth-order valence-electron chi connectivity index (χ4n) is 8.31. The van der Waals surface area contributed by atoms with Crippen LogP contribution < -0.4 is 26.6 Å². The highest BCUT2D eigenvalue weighted by Crippen LogP contribution is 2.23. The molecule has 0 saturated carbocycles. The average molecular weight is 978 g/mol. The first-order valence-electron chi connectivity index (χ1n) is 23.3. The van der Waals surface area contributed by atoms with Gasteiger partial charge in [0, 0.05) is 42.2 Å². The summed E-state index contributed by atoms with van der Waals surface area (Å²) in [6.07, 6.45) is -4.89. The number of anilines is 1. The smallest absolute Gasteiger partial charge is 0.326 e. The van der Waals surface area contributed by atoms with E-state index in [1.165, 1.54) is 23.5 Å². The molecular formula is C55H55N5O10S. The molecule has 8 rings (SSSR count). The SMILES string of the molecule is O=C(N[C@@H](Cc1ccccc1)C(=O)O)[C@@H]1CC(=O)[C@H](CCc2ccccc2)NC(=O)[C@@H](Cc2ccc(-c3ccccc3)cc2)NC(=O)[C@H](Cc2cccs2)NC(=O)[C@H](O)[C@@H](O)C(=O)Nc2ccc(cc2)C1. The number of aliphatic hydroxyl groups is 2. The van der Waals surface area contributed by atoms with Crippen LogP contribution in [0.25, 0.3) is 11.1 Å². The van der Waals surface area contributed by atoms with Gasteiger partial charge in [0.05, 0.1) is 6.04 Å². The molecular weight excluding hydrogens is 923 g/mol. The van der Waals surface area contributed by atoms with Crippen LogP contribution in [0.3, 0.4) is 0 Å². The highest BCUT2D eigenvalue weighted by atomic mass is 32.1. The fraction of sp³-hybridized carbons (Fsp3) is 0.255. The number of rotatable bonds is 13. The number of amides is 5. The van der Waals surface area contributed by atoms with Crippen molar-refractivity contribution in [2.75, 3.05) is 5.32 Å². The van der Waals surface area contributed by atoms with Gasteiger partial charge in [0.2, 0.25) is 17.7 Å². The van der Waals surface area contributed by atoms with Crippen LogP contribution in [0.2, 0.25) is 0 Å². The van der Waals surface area contributed by atoms with E-state index in [1.54, 1.807) is 60.0 Å². The van der Waals surface area contributed by atoms with E-state index >= 15 is 0 Å². The standard InChI is InChI=1S/C55H55N5O10S/c61-47-32-40(50(64)60-46(55(69)70)31-35-13-6-2-7-14-35)29-36-20-25-41(26-21-36)56-53(67)48(62)49(63)54(68)59-45(33-42-17-10-28-71-42)52(66)58-44(51(65)57-43(47)27-22-34-11-4-1-5-12-34)30-37-18-23-39(24-19-37)38-15-8-3-9-16-38/h1-21,23-26,28,40,43-46,48-49,62-63H,22,27,29-33H2,(H,56,67)(H,57,65)(H,58,66)(H,59,68)(H,60,64)(H,69,70)/t40-,43-,44+,45-,46-,48+,49+/m0/s1. The largest absolute Gasteiger partial charge is 0.480 e. The van der Waals surface area contributed by atoms with Crippen LogP contribution in [0, 0.1) is 5.92 Å². The van der Waals surface area contributed by atoms with Gasteiger partial charge in [-0.3, -0.25) is 28.8 Å². The molecule has 0 saturated heterocycles. The van der Waals surface area contributed by atoms with Crippen LogP contribution in [-0.4, -0.2) is 93.0 Å². The third kappa shape index (κ3) is 14.6. The van der Waals surface area contributed by atoms with E-state index in [4.69, 9.17) is 0 Å². The van der Waals surface area contributed by atoms with Gasteiger partial charge >= 0.3 is 5.97 Å². The molecule has 0 fully saturated rings. The summed E-state index contributed by atoms with van der Waals surface area (Å²) in [5.41, 5.74) is 4.69. The van der Waals surface area contributed by atoms with E-state index in [2.05, 4.69) is 26.6 Å². The number of thiophene rings is 1. The van der Waals surface area contributed by atoms with Crippen LogP contribution in [-0.2, 0) is 65.7 Å². The number of hydrogen-bond acceptors (Lipinski definition) is 10. The second kappa shape index (κ2) is 24.7. The van der Waals surface area contributed by atoms with Crippen LogP contribution in [0.1, 0.15) is 40.0 Å². The topological polar surface area (TPSA) is 240 Å². The van der Waals surface area contributed by atoms with Gasteiger partial charge in [-0.15, -0.1) is 11.3 Å². The number of aliphatic carboxylic acids is 1. The summed E-state index contributed by atoms with van der Waals surface area (Å²) in [5.74, 6) is -7.64. The molecule has 16 heteroatoms. The Labute approximate surface area is 414 Å². The van der Waals surface area contributed by atoms with Crippen LogP contribution in [0.4, 0.5) is 5.69 Å². The second-order valence-corrected chi connectivity index (χ2v) is 18.5. The van der Waals surface area contributed by atoms with E-state index in [9.17, 15) is 48.9 Å². The number of hydrogen-bond donors (Lipinski definition) is 8. The minimum atomic E-state index is -2.32. The summed E-state index contributed by atoms with van der Waals surface area (Å²) in [5, 5.41) is 47.1. The zero-order valence-electron chi connectivity index (χ0n) is 38.6. The molecule has 1 aromatic heterocycles. The molecule has 6 aromatic rings. The lowest BCUT2D eigenvalue weighted by molar-refractivity contribution is -0.144. The minimum absolute atomic E-state index is 0.0370. The number of Topliss-reactive ketones (excluding diaryl/α,β-unsaturated/α-hetero) is 1. The van der Waals surface area contributed by atoms with E-state index in [0.717, 1.165) is 16.7 Å². The van der Waals surface area contributed by atoms with Gasteiger partial charge in [-0.25, -0.2) is 4.79 Å². The molecule has 15 nitrogen and oxygen atoms in total. The Kier molecular flexibility index (Phi) is 17.7. The molecule has 366 valence electrons. The third-order valence-corrected chi connectivity index (χ3v) is 13.2. The Morgan fingerprint density at radius 3 is 1.76 bits per heavy atom. The maximum absolute atomic E-state index is 14.8. The van der Waals surface area contributed by atoms with Crippen molar-refractivity contribution in [3.05, 3.63) is 184 Å². The van der Waals surface area contributed by atoms with Gasteiger partial charge in [-0.1, -0.05) is 133 Å². The first-order chi connectivity index (χ1) is 34.3. The summed E-state index contributed by atoms with van der Waals surface area (Å²) in [6.45, 7) is 0. The van der Waals surface area contributed by atoms with E-state index in [1.807, 2.05) is 84.9 Å². The molecule has 0 unspecified atom stereocenters. The van der Waals surface area contributed by atoms with Gasteiger partial charge in [0.15, 0.2) is 18.0 Å². The maximum atomic E-state index is 14.8. The molecule has 5 aromatic carbocycles. The molecule has 0 spiro atoms. The molecule has 2 aliphatic rings. The number of nitrogens with one attached hydrogen (secondary N) is 5. The maximum Gasteiger partial charge on any atom is 0.326 e. The van der Waals surface area contributed by atoms with E-state index < -0.39 is 90.0 Å². The summed E-state index contributed by atoms with van der Waals surface area (Å²) in [7, 11) is 0. The van der Waals surface area contributed by atoms with Gasteiger partial charge in [0.1, 0.15) is 18.1 Å². The predicted molar refractivity (Wildman–Crippen MR) is 268 cm³/mol. The Morgan fingerprint density at radius 1 is 0.577 bits per heavy atom. The molecule has 0 aliphatic carbocycles. The number of carboxylic acids is 1. The van der Waals surface area contributed by atoms with E-state index in [0.29, 0.717) is 28.0 Å². The molecule has 5 amide bonds. The number of benzene rings is 5. The van der Waals surface area contributed by atoms with Crippen molar-refractivity contribution in [2.24, 2.45) is 5.92 Å². The van der Waals surface area contributed by atoms with Gasteiger partial charge in [-0.05, 0) is 76.2 Å². The summed E-state index contributed by atoms with van der Waals surface area (Å²) < 4.78 is 0. The summed E-state index contributed by atoms with van der Waals surface area (Å²) in [6, 6.07) is 39.2. The number of carboxylic acid groups (broad SMARTS) is 1. The van der Waals surface area contributed by atoms with Crippen molar-refractivity contribution in [3.8, 4) is 11.1 Å². The number of carbonyl (C=O) groups excluding carboxylic acids is 6. The average Bonchev–Trinajstić information content (AvgIpc) is 3.90. The number of aryl methyl sites for hydroxylation is 1. The fourth-order valence-corrected chi connectivity index (χ4v) is 9.06. The summed E-state index contributed by atoms with van der Waals surface area (Å²) >= 11 is 1.29. The van der Waals surface area contributed by atoms with Crippen molar-refractivity contribution < 1.29 is 48.9 Å². The van der Waals surface area contributed by atoms with Gasteiger partial charge in [-0.2, -0.15) is 0 Å². The monoisotopic (exact) mass is 977 g/mol. The van der Waals surface area contributed by atoms with Gasteiger partial charge in [0.25, 0.3) is 11.8 Å². The quantitative estimate of drug-likeness (QED) is 0.0749. The second-order valence-electron chi connectivity index (χ2n) is 17.5. The Bertz CT molecular complexity index is 2760. The van der Waals surface area contributed by atoms with Gasteiger partial charge < -0.3 is 41.9 Å². The van der Waals surface area contributed by atoms with Crippen molar-refractivity contribution in [2.45, 2.75) is 81.3 Å². The Morgan fingerprint density at radius 2 is 1.14 bits per heavy atom.